The molecule has 0 bridgehead atoms. The Kier molecular flexibility index (Phi) is 5.31. The van der Waals surface area contributed by atoms with E-state index in [2.05, 4.69) is 15.9 Å². The van der Waals surface area contributed by atoms with Gasteiger partial charge in [-0.15, -0.1) is 0 Å². The molecule has 2 aromatic rings. The molecule has 0 unspecified atom stereocenters. The van der Waals surface area contributed by atoms with E-state index in [9.17, 15) is 4.79 Å². The van der Waals surface area contributed by atoms with Crippen molar-refractivity contribution in [1.82, 2.24) is 0 Å². The zero-order valence-electron chi connectivity index (χ0n) is 8.27. The van der Waals surface area contributed by atoms with Crippen molar-refractivity contribution in [2.24, 2.45) is 0 Å². The van der Waals surface area contributed by atoms with Crippen LogP contribution < -0.4 is 21.5 Å². The Morgan fingerprint density at radius 3 is 2.56 bits per heavy atom. The molecule has 1 aromatic heterocycles. The average molecular weight is 363 g/mol. The maximum Gasteiger partial charge on any atom is 0.227 e. The fourth-order valence-electron chi connectivity index (χ4n) is 1.24. The summed E-state index contributed by atoms with van der Waals surface area (Å²) in [6.45, 7) is 0.408. The predicted molar refractivity (Wildman–Crippen MR) is 63.0 cm³/mol. The minimum absolute atomic E-state index is 0. The summed E-state index contributed by atoms with van der Waals surface area (Å²) in [6, 6.07) is 7.43. The number of halogens is 2. The molecule has 0 radical (unpaired) electrons. The van der Waals surface area contributed by atoms with Crippen molar-refractivity contribution < 1.29 is 26.3 Å². The molecule has 0 saturated carbocycles. The van der Waals surface area contributed by atoms with Crippen molar-refractivity contribution in [3.63, 3.8) is 0 Å². The van der Waals surface area contributed by atoms with E-state index >= 15 is 0 Å². The molecule has 2 rings (SSSR count). The number of carbonyl (C=O) groups excluding carboxylic acids is 1. The van der Waals surface area contributed by atoms with Gasteiger partial charge in [0.25, 0.3) is 0 Å². The van der Waals surface area contributed by atoms with Crippen molar-refractivity contribution >= 4 is 33.0 Å². The molecule has 5 heteroatoms. The first-order chi connectivity index (χ1) is 7.25. The Bertz CT molecular complexity index is 453. The minimum atomic E-state index is 0. The summed E-state index contributed by atoms with van der Waals surface area (Å²) in [5, 5.41) is 1.95. The molecule has 0 amide bonds. The number of hydrogen-bond donors (Lipinski definition) is 0. The second-order valence-corrected chi connectivity index (χ2v) is 4.80. The number of Topliss-reactive ketones (excluding diaryl/α,β-unsaturated/α-hetero) is 1. The van der Waals surface area contributed by atoms with Crippen LogP contribution in [0, 0.1) is 0 Å². The lowest BCUT2D eigenvalue weighted by molar-refractivity contribution is -0.678. The highest BCUT2D eigenvalue weighted by Gasteiger charge is 2.11. The van der Waals surface area contributed by atoms with Gasteiger partial charge in [0.05, 0.1) is 5.38 Å². The maximum atomic E-state index is 11.8. The first kappa shape index (κ1) is 13.5. The van der Waals surface area contributed by atoms with Crippen LogP contribution >= 0.6 is 27.3 Å². The highest BCUT2D eigenvalue weighted by atomic mass is 79.9. The molecule has 0 aliphatic carbocycles. The number of ketones is 1. The fourth-order valence-corrected chi connectivity index (χ4v) is 2.11. The van der Waals surface area contributed by atoms with Crippen LogP contribution in [0.1, 0.15) is 10.4 Å². The van der Waals surface area contributed by atoms with Gasteiger partial charge >= 0.3 is 0 Å². The highest BCUT2D eigenvalue weighted by Crippen LogP contribution is 2.10. The molecule has 0 spiro atoms. The molecule has 1 heterocycles. The molecular weight excluding hydrogens is 354 g/mol. The number of aromatic nitrogens is 1. The Balaban J connectivity index is 0.00000128. The number of rotatable bonds is 3. The quantitative estimate of drug-likeness (QED) is 0.541. The number of thiazole rings is 1. The number of nitrogens with zero attached hydrogens (tertiary/aromatic N) is 1. The van der Waals surface area contributed by atoms with Gasteiger partial charge in [0, 0.05) is 10.0 Å². The molecular formula is C11H9Br2NOS. The van der Waals surface area contributed by atoms with Gasteiger partial charge in [0.2, 0.25) is 17.8 Å². The number of benzene rings is 1. The van der Waals surface area contributed by atoms with E-state index in [1.54, 1.807) is 11.3 Å². The van der Waals surface area contributed by atoms with Crippen LogP contribution in [-0.2, 0) is 6.54 Å². The van der Waals surface area contributed by atoms with Crippen molar-refractivity contribution in [1.29, 1.82) is 0 Å². The third-order valence-electron chi connectivity index (χ3n) is 2.02. The molecule has 0 N–H and O–H groups in total. The lowest BCUT2D eigenvalue weighted by atomic mass is 10.1. The van der Waals surface area contributed by atoms with E-state index in [0.29, 0.717) is 6.54 Å². The van der Waals surface area contributed by atoms with Crippen molar-refractivity contribution in [2.75, 3.05) is 0 Å². The summed E-state index contributed by atoms with van der Waals surface area (Å²) in [5.74, 6) is 0.130. The molecule has 1 aromatic carbocycles. The SMILES string of the molecule is O=C(C[n+]1ccsc1)c1ccc(Br)cc1.[Br-]. The monoisotopic (exact) mass is 361 g/mol. The van der Waals surface area contributed by atoms with Crippen molar-refractivity contribution in [3.05, 3.63) is 51.4 Å². The molecule has 0 atom stereocenters. The summed E-state index contributed by atoms with van der Waals surface area (Å²) in [4.78, 5) is 11.8. The number of hydrogen-bond acceptors (Lipinski definition) is 2. The minimum Gasteiger partial charge on any atom is -1.00 e. The van der Waals surface area contributed by atoms with Crippen LogP contribution in [-0.4, -0.2) is 5.78 Å². The summed E-state index contributed by atoms with van der Waals surface area (Å²) in [6.07, 6.45) is 1.90. The molecule has 2 nitrogen and oxygen atoms in total. The molecule has 0 saturated heterocycles. The Labute approximate surface area is 117 Å². The lowest BCUT2D eigenvalue weighted by Crippen LogP contribution is -3.00. The first-order valence-electron chi connectivity index (χ1n) is 4.46. The summed E-state index contributed by atoms with van der Waals surface area (Å²) in [7, 11) is 0. The van der Waals surface area contributed by atoms with E-state index in [-0.39, 0.29) is 22.8 Å². The van der Waals surface area contributed by atoms with E-state index in [4.69, 9.17) is 0 Å². The van der Waals surface area contributed by atoms with E-state index in [1.165, 1.54) is 0 Å². The Morgan fingerprint density at radius 2 is 2.00 bits per heavy atom. The topological polar surface area (TPSA) is 20.9 Å². The first-order valence-corrected chi connectivity index (χ1v) is 6.19. The highest BCUT2D eigenvalue weighted by molar-refractivity contribution is 9.10. The molecule has 16 heavy (non-hydrogen) atoms. The van der Waals surface area contributed by atoms with E-state index in [0.717, 1.165) is 10.0 Å². The largest absolute Gasteiger partial charge is 1.00 e. The van der Waals surface area contributed by atoms with Crippen LogP contribution in [0.25, 0.3) is 0 Å². The van der Waals surface area contributed by atoms with Gasteiger partial charge in [-0.2, -0.15) is 4.57 Å². The van der Waals surface area contributed by atoms with E-state index < -0.39 is 0 Å². The van der Waals surface area contributed by atoms with Gasteiger partial charge in [-0.1, -0.05) is 39.4 Å². The van der Waals surface area contributed by atoms with Gasteiger partial charge < -0.3 is 17.0 Å². The Morgan fingerprint density at radius 1 is 1.31 bits per heavy atom. The van der Waals surface area contributed by atoms with Crippen LogP contribution in [0.15, 0.2) is 45.8 Å². The van der Waals surface area contributed by atoms with Crippen molar-refractivity contribution in [2.45, 2.75) is 6.54 Å². The molecule has 0 aliphatic heterocycles. The van der Waals surface area contributed by atoms with Gasteiger partial charge in [0.15, 0.2) is 6.20 Å². The van der Waals surface area contributed by atoms with Crippen LogP contribution in [0.2, 0.25) is 0 Å². The third-order valence-corrected chi connectivity index (χ3v) is 3.22. The van der Waals surface area contributed by atoms with Gasteiger partial charge in [-0.3, -0.25) is 4.79 Å². The van der Waals surface area contributed by atoms with E-state index in [1.807, 2.05) is 45.9 Å². The predicted octanol–water partition coefficient (Wildman–Crippen LogP) is -0.315. The zero-order chi connectivity index (χ0) is 10.7. The van der Waals surface area contributed by atoms with Crippen LogP contribution in [0.3, 0.4) is 0 Å². The van der Waals surface area contributed by atoms with Crippen molar-refractivity contribution in [3.8, 4) is 0 Å². The van der Waals surface area contributed by atoms with Gasteiger partial charge in [0.1, 0.15) is 0 Å². The fraction of sp³-hybridized carbons (Fsp3) is 0.0909. The molecule has 84 valence electrons. The van der Waals surface area contributed by atoms with Crippen LogP contribution in [0.4, 0.5) is 0 Å². The van der Waals surface area contributed by atoms with Crippen LogP contribution in [0.5, 0.6) is 0 Å². The smallest absolute Gasteiger partial charge is 0.227 e. The summed E-state index contributed by atoms with van der Waals surface area (Å²) in [5.41, 5.74) is 2.67. The van der Waals surface area contributed by atoms with Gasteiger partial charge in [-0.05, 0) is 12.1 Å². The molecule has 0 aliphatic rings. The summed E-state index contributed by atoms with van der Waals surface area (Å²) < 4.78 is 2.87. The Hall–Kier alpha value is -0.520. The summed E-state index contributed by atoms with van der Waals surface area (Å²) >= 11 is 4.92. The lowest BCUT2D eigenvalue weighted by Gasteiger charge is -1.96. The standard InChI is InChI=1S/C11H9BrNOS.BrH/c12-10-3-1-9(2-4-10)11(14)7-13-5-6-15-8-13;/h1-6,8H,7H2;1H/q+1;/p-1. The maximum absolute atomic E-state index is 11.8. The van der Waals surface area contributed by atoms with Gasteiger partial charge in [-0.25, -0.2) is 0 Å². The second-order valence-electron chi connectivity index (χ2n) is 3.13. The zero-order valence-corrected chi connectivity index (χ0v) is 12.3. The average Bonchev–Trinajstić information content (AvgIpc) is 2.71. The third kappa shape index (κ3) is 3.50. The number of carbonyl (C=O) groups is 1. The molecule has 0 fully saturated rings. The second kappa shape index (κ2) is 6.27. The normalized spacial score (nSPS) is 9.56.